The van der Waals surface area contributed by atoms with E-state index in [-0.39, 0.29) is 0 Å². The summed E-state index contributed by atoms with van der Waals surface area (Å²) in [5.74, 6) is 0.895. The molecular weight excluding hydrogens is 372 g/mol. The number of guanidine groups is 1. The van der Waals surface area contributed by atoms with E-state index in [9.17, 15) is 5.26 Å². The molecule has 6 heteroatoms. The fraction of sp³-hybridized carbons (Fsp3) is 0.667. The van der Waals surface area contributed by atoms with Crippen molar-refractivity contribution in [1.82, 2.24) is 15.5 Å². The van der Waals surface area contributed by atoms with Crippen molar-refractivity contribution in [3.8, 4) is 6.07 Å². The highest BCUT2D eigenvalue weighted by Gasteiger charge is 2.22. The summed E-state index contributed by atoms with van der Waals surface area (Å²) in [7, 11) is 1.84. The molecule has 30 heavy (non-hydrogen) atoms. The number of nitrogens with zero attached hydrogens (tertiary/aromatic N) is 4. The first-order valence-electron chi connectivity index (χ1n) is 11.7. The van der Waals surface area contributed by atoms with Gasteiger partial charge in [0.2, 0.25) is 0 Å². The van der Waals surface area contributed by atoms with Gasteiger partial charge in [-0.15, -0.1) is 0 Å². The average Bonchev–Trinajstić information content (AvgIpc) is 2.81. The first-order valence-corrected chi connectivity index (χ1v) is 11.7. The van der Waals surface area contributed by atoms with Crippen molar-refractivity contribution in [3.05, 3.63) is 29.8 Å². The first-order chi connectivity index (χ1) is 14.8. The van der Waals surface area contributed by atoms with E-state index < -0.39 is 0 Å². The van der Waals surface area contributed by atoms with Gasteiger partial charge in [-0.25, -0.2) is 0 Å². The van der Waals surface area contributed by atoms with Crippen LogP contribution in [0.5, 0.6) is 0 Å². The number of aliphatic imine (C=N–C) groups is 1. The number of hydrogen-bond acceptors (Lipinski definition) is 4. The van der Waals surface area contributed by atoms with Crippen LogP contribution in [0.2, 0.25) is 0 Å². The second-order valence-electron chi connectivity index (χ2n) is 8.52. The van der Waals surface area contributed by atoms with Crippen molar-refractivity contribution in [1.29, 1.82) is 5.26 Å². The van der Waals surface area contributed by atoms with Crippen LogP contribution in [-0.4, -0.2) is 63.2 Å². The molecule has 164 valence electrons. The molecule has 1 aromatic carbocycles. The van der Waals surface area contributed by atoms with Crippen LogP contribution >= 0.6 is 0 Å². The molecule has 1 aromatic rings. The lowest BCUT2D eigenvalue weighted by atomic mass is 10.0. The number of hydrogen-bond donors (Lipinski definition) is 2. The minimum atomic E-state index is 0.343. The van der Waals surface area contributed by atoms with Crippen molar-refractivity contribution in [2.75, 3.05) is 51.2 Å². The molecule has 0 bridgehead atoms. The van der Waals surface area contributed by atoms with Crippen molar-refractivity contribution < 1.29 is 0 Å². The Kier molecular flexibility index (Phi) is 9.30. The molecule has 6 nitrogen and oxygen atoms in total. The standard InChI is InChI=1S/C24H38N6/c1-26-24(27-14-6-2-7-15-29-16-8-3-9-17-29)28-22-12-10-18-30(20-22)23-13-5-4-11-21(23)19-25/h4-5,11,13,22H,2-3,6-10,12,14-18,20H2,1H3,(H2,26,27,28). The first kappa shape index (κ1) is 22.4. The van der Waals surface area contributed by atoms with Gasteiger partial charge in [0.1, 0.15) is 6.07 Å². The minimum absolute atomic E-state index is 0.343. The van der Waals surface area contributed by atoms with E-state index >= 15 is 0 Å². The van der Waals surface area contributed by atoms with Gasteiger partial charge in [0.15, 0.2) is 5.96 Å². The van der Waals surface area contributed by atoms with Gasteiger partial charge in [-0.05, 0) is 70.3 Å². The number of likely N-dealkylation sites (tertiary alicyclic amines) is 1. The molecule has 2 N–H and O–H groups in total. The number of nitrogens with one attached hydrogen (secondary N) is 2. The minimum Gasteiger partial charge on any atom is -0.368 e. The van der Waals surface area contributed by atoms with Gasteiger partial charge in [0, 0.05) is 32.7 Å². The molecule has 0 aliphatic carbocycles. The molecular formula is C24H38N6. The summed E-state index contributed by atoms with van der Waals surface area (Å²) in [6.45, 7) is 6.72. The molecule has 0 radical (unpaired) electrons. The second-order valence-corrected chi connectivity index (χ2v) is 8.52. The Morgan fingerprint density at radius 3 is 2.73 bits per heavy atom. The predicted molar refractivity (Wildman–Crippen MR) is 125 cm³/mol. The Morgan fingerprint density at radius 2 is 1.93 bits per heavy atom. The van der Waals surface area contributed by atoms with Crippen LogP contribution in [0, 0.1) is 11.3 Å². The van der Waals surface area contributed by atoms with Crippen molar-refractivity contribution >= 4 is 11.6 Å². The third-order valence-corrected chi connectivity index (χ3v) is 6.24. The molecule has 2 aliphatic heterocycles. The van der Waals surface area contributed by atoms with Crippen LogP contribution in [-0.2, 0) is 0 Å². The van der Waals surface area contributed by atoms with E-state index in [0.29, 0.717) is 6.04 Å². The third kappa shape index (κ3) is 6.91. The zero-order valence-corrected chi connectivity index (χ0v) is 18.6. The number of benzene rings is 1. The van der Waals surface area contributed by atoms with Crippen LogP contribution in [0.4, 0.5) is 5.69 Å². The fourth-order valence-electron chi connectivity index (χ4n) is 4.57. The summed E-state index contributed by atoms with van der Waals surface area (Å²) in [4.78, 5) is 9.37. The number of piperidine rings is 2. The van der Waals surface area contributed by atoms with E-state index in [2.05, 4.69) is 37.6 Å². The molecule has 1 atom stereocenters. The Morgan fingerprint density at radius 1 is 1.10 bits per heavy atom. The van der Waals surface area contributed by atoms with Crippen LogP contribution in [0.1, 0.15) is 56.9 Å². The molecule has 2 fully saturated rings. The largest absolute Gasteiger partial charge is 0.368 e. The second kappa shape index (κ2) is 12.4. The molecule has 0 spiro atoms. The highest BCUT2D eigenvalue weighted by atomic mass is 15.2. The number of anilines is 1. The quantitative estimate of drug-likeness (QED) is 0.391. The normalized spacial score (nSPS) is 20.6. The lowest BCUT2D eigenvalue weighted by molar-refractivity contribution is 0.224. The smallest absolute Gasteiger partial charge is 0.191 e. The van der Waals surface area contributed by atoms with Gasteiger partial charge in [0.05, 0.1) is 11.3 Å². The topological polar surface area (TPSA) is 66.7 Å². The molecule has 2 aliphatic rings. The third-order valence-electron chi connectivity index (χ3n) is 6.24. The molecule has 0 amide bonds. The predicted octanol–water partition coefficient (Wildman–Crippen LogP) is 3.35. The van der Waals surface area contributed by atoms with Crippen LogP contribution in [0.25, 0.3) is 0 Å². The van der Waals surface area contributed by atoms with Crippen LogP contribution in [0.15, 0.2) is 29.3 Å². The van der Waals surface area contributed by atoms with Gasteiger partial charge in [-0.1, -0.05) is 25.0 Å². The van der Waals surface area contributed by atoms with Gasteiger partial charge in [-0.2, -0.15) is 5.26 Å². The van der Waals surface area contributed by atoms with Crippen LogP contribution in [0.3, 0.4) is 0 Å². The lowest BCUT2D eigenvalue weighted by Crippen LogP contribution is -2.51. The zero-order valence-electron chi connectivity index (χ0n) is 18.6. The Labute approximate surface area is 182 Å². The van der Waals surface area contributed by atoms with E-state index in [1.807, 2.05) is 25.2 Å². The molecule has 0 saturated carbocycles. The summed E-state index contributed by atoms with van der Waals surface area (Å²) < 4.78 is 0. The maximum absolute atomic E-state index is 9.41. The molecule has 0 aromatic heterocycles. The highest BCUT2D eigenvalue weighted by molar-refractivity contribution is 5.80. The summed E-state index contributed by atoms with van der Waals surface area (Å²) >= 11 is 0. The maximum Gasteiger partial charge on any atom is 0.191 e. The van der Waals surface area contributed by atoms with Crippen molar-refractivity contribution in [2.45, 2.75) is 57.4 Å². The van der Waals surface area contributed by atoms with E-state index in [4.69, 9.17) is 0 Å². The average molecular weight is 411 g/mol. The van der Waals surface area contributed by atoms with E-state index in [0.717, 1.165) is 49.7 Å². The van der Waals surface area contributed by atoms with Gasteiger partial charge in [-0.3, -0.25) is 4.99 Å². The van der Waals surface area contributed by atoms with Gasteiger partial charge in [0.25, 0.3) is 0 Å². The number of unbranched alkanes of at least 4 members (excludes halogenated alkanes) is 2. The summed E-state index contributed by atoms with van der Waals surface area (Å²) in [5.41, 5.74) is 1.80. The molecule has 2 saturated heterocycles. The fourth-order valence-corrected chi connectivity index (χ4v) is 4.57. The lowest BCUT2D eigenvalue weighted by Gasteiger charge is -2.35. The summed E-state index contributed by atoms with van der Waals surface area (Å²) in [6.07, 6.45) is 10.2. The van der Waals surface area contributed by atoms with Crippen molar-refractivity contribution in [2.24, 2.45) is 4.99 Å². The van der Waals surface area contributed by atoms with Crippen LogP contribution < -0.4 is 15.5 Å². The number of para-hydroxylation sites is 1. The molecule has 3 rings (SSSR count). The van der Waals surface area contributed by atoms with Gasteiger partial charge >= 0.3 is 0 Å². The Bertz CT molecular complexity index is 704. The number of nitriles is 1. The zero-order chi connectivity index (χ0) is 21.0. The SMILES string of the molecule is CN=C(NCCCCCN1CCCCC1)NC1CCCN(c2ccccc2C#N)C1. The van der Waals surface area contributed by atoms with E-state index in [1.165, 1.54) is 58.2 Å². The Hall–Kier alpha value is -2.26. The molecule has 2 heterocycles. The number of rotatable bonds is 8. The van der Waals surface area contributed by atoms with E-state index in [1.54, 1.807) is 0 Å². The monoisotopic (exact) mass is 410 g/mol. The summed E-state index contributed by atoms with van der Waals surface area (Å²) in [6, 6.07) is 10.6. The highest BCUT2D eigenvalue weighted by Crippen LogP contribution is 2.23. The maximum atomic E-state index is 9.41. The molecule has 1 unspecified atom stereocenters. The summed E-state index contributed by atoms with van der Waals surface area (Å²) in [5, 5.41) is 16.5. The van der Waals surface area contributed by atoms with Crippen molar-refractivity contribution in [3.63, 3.8) is 0 Å². The Balaban J connectivity index is 1.36. The van der Waals surface area contributed by atoms with Gasteiger partial charge < -0.3 is 20.4 Å².